The van der Waals surface area contributed by atoms with Crippen molar-refractivity contribution in [2.24, 2.45) is 5.73 Å². The molecule has 0 unspecified atom stereocenters. The van der Waals surface area contributed by atoms with Gasteiger partial charge in [-0.3, -0.25) is 4.79 Å². The predicted molar refractivity (Wildman–Crippen MR) is 97.2 cm³/mol. The maximum Gasteiger partial charge on any atom is 0.329 e. The third kappa shape index (κ3) is 6.43. The van der Waals surface area contributed by atoms with E-state index in [-0.39, 0.29) is 6.42 Å². The number of nitrogens with one attached hydrogen (secondary N) is 2. The smallest absolute Gasteiger partial charge is 0.329 e. The van der Waals surface area contributed by atoms with E-state index in [2.05, 4.69) is 10.6 Å². The summed E-state index contributed by atoms with van der Waals surface area (Å²) in [5.74, 6) is -1.82. The maximum atomic E-state index is 12.9. The second kappa shape index (κ2) is 9.33. The average Bonchev–Trinajstić information content (AvgIpc) is 2.63. The maximum absolute atomic E-state index is 12.9. The number of primary amides is 1. The van der Waals surface area contributed by atoms with Gasteiger partial charge in [-0.1, -0.05) is 30.3 Å². The summed E-state index contributed by atoms with van der Waals surface area (Å²) in [4.78, 5) is 35.7. The Bertz CT molecular complexity index is 796. The van der Waals surface area contributed by atoms with E-state index in [1.54, 1.807) is 24.3 Å². The Labute approximate surface area is 155 Å². The van der Waals surface area contributed by atoms with Gasteiger partial charge in [0.05, 0.1) is 0 Å². The molecule has 0 aliphatic rings. The normalized spacial score (nSPS) is 12.5. The lowest BCUT2D eigenvalue weighted by atomic mass is 10.1. The third-order valence-corrected chi connectivity index (χ3v) is 3.66. The zero-order chi connectivity index (χ0) is 19.8. The van der Waals surface area contributed by atoms with Gasteiger partial charge in [0, 0.05) is 12.1 Å². The second-order valence-corrected chi connectivity index (χ2v) is 5.83. The molecule has 0 aromatic heterocycles. The second-order valence-electron chi connectivity index (χ2n) is 5.83. The minimum atomic E-state index is -1.13. The number of hydrogen-bond donors (Lipinski definition) is 3. The fourth-order valence-electron chi connectivity index (χ4n) is 2.30. The first kappa shape index (κ1) is 19.9. The van der Waals surface area contributed by atoms with Crippen LogP contribution in [0.15, 0.2) is 54.6 Å². The Morgan fingerprint density at radius 1 is 1.07 bits per heavy atom. The summed E-state index contributed by atoms with van der Waals surface area (Å²) >= 11 is 0. The Balaban J connectivity index is 1.98. The van der Waals surface area contributed by atoms with E-state index in [1.807, 2.05) is 6.07 Å². The number of carbonyl (C=O) groups excluding carboxylic acids is 3. The molecule has 0 saturated carbocycles. The highest BCUT2D eigenvalue weighted by atomic mass is 19.1. The van der Waals surface area contributed by atoms with E-state index < -0.39 is 35.9 Å². The van der Waals surface area contributed by atoms with Crippen LogP contribution in [-0.4, -0.2) is 30.1 Å². The number of esters is 1. The highest BCUT2D eigenvalue weighted by Gasteiger charge is 2.26. The van der Waals surface area contributed by atoms with Crippen molar-refractivity contribution in [2.75, 3.05) is 5.32 Å². The standard InChI is InChI=1S/C19H20FN3O4/c1-12(17(24)22-15-9-7-14(20)8-10-15)27-18(25)16(23-19(21)26)11-13-5-3-2-4-6-13/h2-10,12,16H,11H2,1H3,(H,22,24)(H3,21,23,26)/t12-,16-/m0/s1. The molecule has 4 N–H and O–H groups in total. The van der Waals surface area contributed by atoms with E-state index in [4.69, 9.17) is 10.5 Å². The topological polar surface area (TPSA) is 111 Å². The molecule has 7 nitrogen and oxygen atoms in total. The number of anilines is 1. The number of amides is 3. The van der Waals surface area contributed by atoms with E-state index in [0.717, 1.165) is 5.56 Å². The van der Waals surface area contributed by atoms with Gasteiger partial charge in [-0.25, -0.2) is 14.0 Å². The molecule has 27 heavy (non-hydrogen) atoms. The lowest BCUT2D eigenvalue weighted by molar-refractivity contribution is -0.155. The highest BCUT2D eigenvalue weighted by Crippen LogP contribution is 2.10. The summed E-state index contributed by atoms with van der Waals surface area (Å²) in [6, 6.07) is 12.2. The van der Waals surface area contributed by atoms with Gasteiger partial charge >= 0.3 is 12.0 Å². The molecule has 3 amide bonds. The quantitative estimate of drug-likeness (QED) is 0.645. The number of halogens is 1. The first-order valence-electron chi connectivity index (χ1n) is 8.22. The molecular formula is C19H20FN3O4. The number of carbonyl (C=O) groups is 3. The van der Waals surface area contributed by atoms with Crippen LogP contribution in [0.25, 0.3) is 0 Å². The molecule has 2 aromatic carbocycles. The molecule has 0 saturated heterocycles. The summed E-state index contributed by atoms with van der Waals surface area (Å²) in [6.07, 6.45) is -0.968. The molecule has 0 spiro atoms. The van der Waals surface area contributed by atoms with Crippen LogP contribution < -0.4 is 16.4 Å². The largest absolute Gasteiger partial charge is 0.451 e. The fourth-order valence-corrected chi connectivity index (χ4v) is 2.30. The molecule has 0 fully saturated rings. The van der Waals surface area contributed by atoms with Gasteiger partial charge in [0.1, 0.15) is 11.9 Å². The van der Waals surface area contributed by atoms with Gasteiger partial charge in [0.25, 0.3) is 5.91 Å². The van der Waals surface area contributed by atoms with Crippen molar-refractivity contribution < 1.29 is 23.5 Å². The highest BCUT2D eigenvalue weighted by molar-refractivity contribution is 5.95. The number of nitrogens with two attached hydrogens (primary N) is 1. The third-order valence-electron chi connectivity index (χ3n) is 3.66. The zero-order valence-electron chi connectivity index (χ0n) is 14.6. The van der Waals surface area contributed by atoms with E-state index in [0.29, 0.717) is 5.69 Å². The van der Waals surface area contributed by atoms with Gasteiger partial charge in [0.15, 0.2) is 6.10 Å². The monoisotopic (exact) mass is 373 g/mol. The van der Waals surface area contributed by atoms with E-state index in [9.17, 15) is 18.8 Å². The van der Waals surface area contributed by atoms with Gasteiger partial charge in [-0.15, -0.1) is 0 Å². The molecule has 142 valence electrons. The molecular weight excluding hydrogens is 353 g/mol. The molecule has 0 aliphatic heterocycles. The molecule has 0 heterocycles. The van der Waals surface area contributed by atoms with Gasteiger partial charge in [-0.05, 0) is 36.8 Å². The number of urea groups is 1. The lowest BCUT2D eigenvalue weighted by Gasteiger charge is -2.19. The summed E-state index contributed by atoms with van der Waals surface area (Å²) < 4.78 is 18.0. The van der Waals surface area contributed by atoms with E-state index >= 15 is 0 Å². The van der Waals surface area contributed by atoms with Crippen LogP contribution in [0.4, 0.5) is 14.9 Å². The van der Waals surface area contributed by atoms with Crippen molar-refractivity contribution in [1.82, 2.24) is 5.32 Å². The zero-order valence-corrected chi connectivity index (χ0v) is 14.6. The Morgan fingerprint density at radius 2 is 1.70 bits per heavy atom. The average molecular weight is 373 g/mol. The number of benzene rings is 2. The van der Waals surface area contributed by atoms with E-state index in [1.165, 1.54) is 31.2 Å². The van der Waals surface area contributed by atoms with Gasteiger partial charge in [0.2, 0.25) is 0 Å². The SMILES string of the molecule is C[C@H](OC(=O)[C@H](Cc1ccccc1)NC(N)=O)C(=O)Nc1ccc(F)cc1. The summed E-state index contributed by atoms with van der Waals surface area (Å²) in [5.41, 5.74) is 6.27. The predicted octanol–water partition coefficient (Wildman–Crippen LogP) is 1.98. The summed E-state index contributed by atoms with van der Waals surface area (Å²) in [5, 5.41) is 4.83. The summed E-state index contributed by atoms with van der Waals surface area (Å²) in [6.45, 7) is 1.39. The minimum Gasteiger partial charge on any atom is -0.451 e. The first-order valence-corrected chi connectivity index (χ1v) is 8.22. The number of ether oxygens (including phenoxy) is 1. The number of rotatable bonds is 7. The molecule has 2 rings (SSSR count). The minimum absolute atomic E-state index is 0.162. The van der Waals surface area contributed by atoms with Crippen molar-refractivity contribution in [1.29, 1.82) is 0 Å². The fraction of sp³-hybridized carbons (Fsp3) is 0.211. The Kier molecular flexibility index (Phi) is 6.87. The van der Waals surface area contributed by atoms with Crippen molar-refractivity contribution in [3.05, 3.63) is 66.0 Å². The van der Waals surface area contributed by atoms with Crippen LogP contribution in [0.2, 0.25) is 0 Å². The molecule has 2 aromatic rings. The van der Waals surface area contributed by atoms with Crippen LogP contribution in [0.1, 0.15) is 12.5 Å². The molecule has 0 aliphatic carbocycles. The van der Waals surface area contributed by atoms with Crippen LogP contribution in [0.3, 0.4) is 0 Å². The molecule has 0 bridgehead atoms. The Morgan fingerprint density at radius 3 is 2.30 bits per heavy atom. The molecule has 0 radical (unpaired) electrons. The van der Waals surface area contributed by atoms with Crippen molar-refractivity contribution in [2.45, 2.75) is 25.5 Å². The molecule has 2 atom stereocenters. The van der Waals surface area contributed by atoms with Crippen LogP contribution in [0.5, 0.6) is 0 Å². The van der Waals surface area contributed by atoms with Crippen molar-refractivity contribution >= 4 is 23.6 Å². The number of hydrogen-bond acceptors (Lipinski definition) is 4. The first-order chi connectivity index (χ1) is 12.8. The Hall–Kier alpha value is -3.42. The van der Waals surface area contributed by atoms with Crippen molar-refractivity contribution in [3.63, 3.8) is 0 Å². The van der Waals surface area contributed by atoms with Crippen LogP contribution >= 0.6 is 0 Å². The van der Waals surface area contributed by atoms with Gasteiger partial charge < -0.3 is 21.1 Å². The lowest BCUT2D eigenvalue weighted by Crippen LogP contribution is -2.47. The van der Waals surface area contributed by atoms with Gasteiger partial charge in [-0.2, -0.15) is 0 Å². The van der Waals surface area contributed by atoms with Crippen LogP contribution in [-0.2, 0) is 20.7 Å². The molecule has 8 heteroatoms. The van der Waals surface area contributed by atoms with Crippen LogP contribution in [0, 0.1) is 5.82 Å². The van der Waals surface area contributed by atoms with Crippen molar-refractivity contribution in [3.8, 4) is 0 Å². The summed E-state index contributed by atoms with van der Waals surface area (Å²) in [7, 11) is 0.